The Bertz CT molecular complexity index is 483. The molecule has 2 aromatic rings. The molecule has 3 rings (SSSR count). The van der Waals surface area contributed by atoms with Gasteiger partial charge >= 0.3 is 0 Å². The molecule has 96 valence electrons. The van der Waals surface area contributed by atoms with Crippen LogP contribution in [0.1, 0.15) is 24.7 Å². The molecule has 0 aromatic carbocycles. The van der Waals surface area contributed by atoms with Gasteiger partial charge in [-0.25, -0.2) is 4.98 Å². The number of nitrogens with zero attached hydrogens (tertiary/aromatic N) is 4. The van der Waals surface area contributed by atoms with E-state index in [9.17, 15) is 0 Å². The van der Waals surface area contributed by atoms with Crippen molar-refractivity contribution in [3.63, 3.8) is 0 Å². The summed E-state index contributed by atoms with van der Waals surface area (Å²) in [4.78, 5) is 12.5. The van der Waals surface area contributed by atoms with Gasteiger partial charge < -0.3 is 9.84 Å². The number of piperidine rings is 1. The summed E-state index contributed by atoms with van der Waals surface area (Å²) in [6.45, 7) is 2.01. The summed E-state index contributed by atoms with van der Waals surface area (Å²) in [6.07, 6.45) is 6.97. The largest absolute Gasteiger partial charge is 0.339 e. The highest BCUT2D eigenvalue weighted by Crippen LogP contribution is 2.25. The van der Waals surface area contributed by atoms with Crippen LogP contribution in [-0.2, 0) is 0 Å². The predicted octanol–water partition coefficient (Wildman–Crippen LogP) is 1.42. The highest BCUT2D eigenvalue weighted by Gasteiger charge is 2.21. The van der Waals surface area contributed by atoms with Crippen LogP contribution in [0.5, 0.6) is 0 Å². The average Bonchev–Trinajstić information content (AvgIpc) is 2.90. The summed E-state index contributed by atoms with van der Waals surface area (Å²) in [5.74, 6) is 1.60. The second-order valence-corrected chi connectivity index (χ2v) is 4.07. The third kappa shape index (κ3) is 2.65. The molecule has 1 N–H and O–H groups in total. The molecule has 1 fully saturated rings. The van der Waals surface area contributed by atoms with E-state index in [1.165, 1.54) is 0 Å². The SMILES string of the molecule is Cl.c1cnc(-c2noc(C3CCNCC3)n2)cn1. The summed E-state index contributed by atoms with van der Waals surface area (Å²) in [7, 11) is 0. The Morgan fingerprint density at radius 1 is 1.22 bits per heavy atom. The lowest BCUT2D eigenvalue weighted by atomic mass is 9.98. The zero-order chi connectivity index (χ0) is 11.5. The number of hydrogen-bond donors (Lipinski definition) is 1. The normalized spacial score (nSPS) is 16.2. The van der Waals surface area contributed by atoms with E-state index in [4.69, 9.17) is 4.52 Å². The monoisotopic (exact) mass is 267 g/mol. The van der Waals surface area contributed by atoms with E-state index in [0.29, 0.717) is 23.3 Å². The van der Waals surface area contributed by atoms with Gasteiger partial charge in [0.1, 0.15) is 5.69 Å². The molecule has 0 bridgehead atoms. The van der Waals surface area contributed by atoms with Crippen molar-refractivity contribution >= 4 is 12.4 Å². The second kappa shape index (κ2) is 5.88. The van der Waals surface area contributed by atoms with Crippen LogP contribution < -0.4 is 5.32 Å². The van der Waals surface area contributed by atoms with E-state index in [-0.39, 0.29) is 12.4 Å². The first-order valence-electron chi connectivity index (χ1n) is 5.74. The van der Waals surface area contributed by atoms with Gasteiger partial charge in [-0.2, -0.15) is 4.98 Å². The van der Waals surface area contributed by atoms with Crippen LogP contribution >= 0.6 is 12.4 Å². The van der Waals surface area contributed by atoms with E-state index in [1.807, 2.05) is 0 Å². The van der Waals surface area contributed by atoms with Crippen molar-refractivity contribution in [3.05, 3.63) is 24.5 Å². The molecule has 0 aliphatic carbocycles. The molecule has 0 spiro atoms. The van der Waals surface area contributed by atoms with Crippen molar-refractivity contribution in [3.8, 4) is 11.5 Å². The number of rotatable bonds is 2. The minimum absolute atomic E-state index is 0. The first-order chi connectivity index (χ1) is 8.43. The van der Waals surface area contributed by atoms with E-state index >= 15 is 0 Å². The van der Waals surface area contributed by atoms with Crippen molar-refractivity contribution in [2.24, 2.45) is 0 Å². The molecule has 0 amide bonds. The fourth-order valence-corrected chi connectivity index (χ4v) is 1.99. The third-order valence-corrected chi connectivity index (χ3v) is 2.92. The van der Waals surface area contributed by atoms with E-state index in [1.54, 1.807) is 18.6 Å². The Balaban J connectivity index is 0.00000120. The Morgan fingerprint density at radius 2 is 2.06 bits per heavy atom. The molecule has 1 saturated heterocycles. The molecule has 0 atom stereocenters. The minimum Gasteiger partial charge on any atom is -0.339 e. The molecule has 0 unspecified atom stereocenters. The molecular formula is C11H14ClN5O. The van der Waals surface area contributed by atoms with Gasteiger partial charge in [0, 0.05) is 18.3 Å². The second-order valence-electron chi connectivity index (χ2n) is 4.07. The lowest BCUT2D eigenvalue weighted by molar-refractivity contribution is 0.320. The van der Waals surface area contributed by atoms with E-state index in [2.05, 4.69) is 25.4 Å². The van der Waals surface area contributed by atoms with Gasteiger partial charge in [-0.1, -0.05) is 5.16 Å². The van der Waals surface area contributed by atoms with Crippen molar-refractivity contribution in [1.29, 1.82) is 0 Å². The molecule has 18 heavy (non-hydrogen) atoms. The average molecular weight is 268 g/mol. The highest BCUT2D eigenvalue weighted by atomic mass is 35.5. The topological polar surface area (TPSA) is 76.7 Å². The molecule has 6 nitrogen and oxygen atoms in total. The van der Waals surface area contributed by atoms with E-state index < -0.39 is 0 Å². The minimum atomic E-state index is 0. The summed E-state index contributed by atoms with van der Waals surface area (Å²) in [6, 6.07) is 0. The molecule has 1 aliphatic rings. The van der Waals surface area contributed by atoms with Crippen molar-refractivity contribution in [1.82, 2.24) is 25.4 Å². The van der Waals surface area contributed by atoms with Crippen LogP contribution in [-0.4, -0.2) is 33.2 Å². The smallest absolute Gasteiger partial charge is 0.230 e. The number of nitrogens with one attached hydrogen (secondary N) is 1. The lowest BCUT2D eigenvalue weighted by Gasteiger charge is -2.18. The molecular weight excluding hydrogens is 254 g/mol. The van der Waals surface area contributed by atoms with Gasteiger partial charge in [0.2, 0.25) is 11.7 Å². The maximum atomic E-state index is 5.30. The molecule has 1 aliphatic heterocycles. The van der Waals surface area contributed by atoms with Gasteiger partial charge in [-0.3, -0.25) is 4.98 Å². The van der Waals surface area contributed by atoms with Crippen LogP contribution in [0.3, 0.4) is 0 Å². The van der Waals surface area contributed by atoms with Gasteiger partial charge in [-0.05, 0) is 25.9 Å². The van der Waals surface area contributed by atoms with Crippen molar-refractivity contribution < 1.29 is 4.52 Å². The zero-order valence-corrected chi connectivity index (χ0v) is 10.6. The molecule has 2 aromatic heterocycles. The summed E-state index contributed by atoms with van der Waals surface area (Å²) >= 11 is 0. The first kappa shape index (κ1) is 12.9. The van der Waals surface area contributed by atoms with Crippen LogP contribution in [0, 0.1) is 0 Å². The fraction of sp³-hybridized carbons (Fsp3) is 0.455. The summed E-state index contributed by atoms with van der Waals surface area (Å²) < 4.78 is 5.30. The Labute approximate surface area is 111 Å². The molecule has 7 heteroatoms. The number of hydrogen-bond acceptors (Lipinski definition) is 6. The summed E-state index contributed by atoms with van der Waals surface area (Å²) in [5.41, 5.74) is 0.649. The van der Waals surface area contributed by atoms with Crippen LogP contribution in [0.2, 0.25) is 0 Å². The van der Waals surface area contributed by atoms with Crippen molar-refractivity contribution in [2.45, 2.75) is 18.8 Å². The fourth-order valence-electron chi connectivity index (χ4n) is 1.99. The Morgan fingerprint density at radius 3 is 2.78 bits per heavy atom. The maximum Gasteiger partial charge on any atom is 0.230 e. The third-order valence-electron chi connectivity index (χ3n) is 2.92. The Hall–Kier alpha value is -1.53. The standard InChI is InChI=1S/C11H13N5O.ClH/c1-3-12-4-2-8(1)11-15-10(16-17-11)9-7-13-5-6-14-9;/h5-8,12H,1-4H2;1H. The predicted molar refractivity (Wildman–Crippen MR) is 67.4 cm³/mol. The zero-order valence-electron chi connectivity index (χ0n) is 9.74. The molecule has 0 saturated carbocycles. The van der Waals surface area contributed by atoms with Crippen molar-refractivity contribution in [2.75, 3.05) is 13.1 Å². The number of halogens is 1. The van der Waals surface area contributed by atoms with Gasteiger partial charge in [-0.15, -0.1) is 12.4 Å². The number of aromatic nitrogens is 4. The van der Waals surface area contributed by atoms with Crippen LogP contribution in [0.25, 0.3) is 11.5 Å². The Kier molecular flexibility index (Phi) is 4.22. The first-order valence-corrected chi connectivity index (χ1v) is 5.74. The lowest BCUT2D eigenvalue weighted by Crippen LogP contribution is -2.26. The molecule has 0 radical (unpaired) electrons. The van der Waals surface area contributed by atoms with Crippen LogP contribution in [0.15, 0.2) is 23.1 Å². The van der Waals surface area contributed by atoms with Gasteiger partial charge in [0.15, 0.2) is 0 Å². The molecule has 3 heterocycles. The van der Waals surface area contributed by atoms with Crippen LogP contribution in [0.4, 0.5) is 0 Å². The summed E-state index contributed by atoms with van der Waals surface area (Å²) in [5, 5.41) is 7.26. The quantitative estimate of drug-likeness (QED) is 0.887. The van der Waals surface area contributed by atoms with E-state index in [0.717, 1.165) is 25.9 Å². The highest BCUT2D eigenvalue weighted by molar-refractivity contribution is 5.85. The van der Waals surface area contributed by atoms with Gasteiger partial charge in [0.05, 0.1) is 6.20 Å². The maximum absolute atomic E-state index is 5.30. The van der Waals surface area contributed by atoms with Gasteiger partial charge in [0.25, 0.3) is 0 Å².